The van der Waals surface area contributed by atoms with Crippen molar-refractivity contribution in [2.24, 2.45) is 0 Å². The van der Waals surface area contributed by atoms with Gasteiger partial charge in [0.2, 0.25) is 0 Å². The second-order valence-corrected chi connectivity index (χ2v) is 7.36. The zero-order valence-corrected chi connectivity index (χ0v) is 15.7. The van der Waals surface area contributed by atoms with Crippen LogP contribution in [0.25, 0.3) is 27.1 Å². The van der Waals surface area contributed by atoms with Crippen molar-refractivity contribution in [3.8, 4) is 10.6 Å². The Balaban J connectivity index is 1.78. The van der Waals surface area contributed by atoms with Gasteiger partial charge in [0.1, 0.15) is 12.1 Å². The molecule has 0 radical (unpaired) electrons. The van der Waals surface area contributed by atoms with E-state index >= 15 is 0 Å². The smallest absolute Gasteiger partial charge is 0.164 e. The van der Waals surface area contributed by atoms with E-state index in [2.05, 4.69) is 44.6 Å². The van der Waals surface area contributed by atoms with Gasteiger partial charge in [-0.05, 0) is 32.0 Å². The summed E-state index contributed by atoms with van der Waals surface area (Å²) in [6.45, 7) is 4.06. The molecular weight excluding hydrogens is 358 g/mol. The minimum absolute atomic E-state index is 0.0347. The Hall–Kier alpha value is -3.26. The third-order valence-corrected chi connectivity index (χ3v) is 5.66. The largest absolute Gasteiger partial charge is 0.383 e. The third kappa shape index (κ3) is 2.33. The fraction of sp³-hybridized carbons (Fsp3) is 0.158. The van der Waals surface area contributed by atoms with Crippen molar-refractivity contribution in [3.05, 3.63) is 59.8 Å². The van der Waals surface area contributed by atoms with Gasteiger partial charge in [-0.3, -0.25) is 4.98 Å². The number of thiazole rings is 1. The van der Waals surface area contributed by atoms with Crippen molar-refractivity contribution in [1.29, 1.82) is 0 Å². The van der Waals surface area contributed by atoms with Crippen LogP contribution in [0.15, 0.2) is 48.5 Å². The van der Waals surface area contributed by atoms with Gasteiger partial charge in [0.05, 0.1) is 33.2 Å². The topological polar surface area (TPSA) is 86.9 Å². The first-order valence-electron chi connectivity index (χ1n) is 8.59. The molecule has 0 aliphatic heterocycles. The van der Waals surface area contributed by atoms with Crippen molar-refractivity contribution >= 4 is 33.7 Å². The van der Waals surface area contributed by atoms with Crippen molar-refractivity contribution in [2.45, 2.75) is 19.9 Å². The molecule has 1 unspecified atom stereocenters. The molecule has 0 bridgehead atoms. The molecule has 2 N–H and O–H groups in total. The zero-order chi connectivity index (χ0) is 18.5. The van der Waals surface area contributed by atoms with Gasteiger partial charge >= 0.3 is 0 Å². The van der Waals surface area contributed by atoms with Crippen LogP contribution in [0, 0.1) is 6.92 Å². The molecule has 0 saturated heterocycles. The maximum absolute atomic E-state index is 6.06. The van der Waals surface area contributed by atoms with Crippen molar-refractivity contribution in [3.63, 3.8) is 0 Å². The molecule has 0 amide bonds. The Morgan fingerprint density at radius 2 is 2.11 bits per heavy atom. The van der Waals surface area contributed by atoms with Gasteiger partial charge in [-0.25, -0.2) is 14.6 Å². The van der Waals surface area contributed by atoms with Crippen LogP contribution in [0.3, 0.4) is 0 Å². The first-order chi connectivity index (χ1) is 13.1. The van der Waals surface area contributed by atoms with Gasteiger partial charge in [0, 0.05) is 23.5 Å². The minimum Gasteiger partial charge on any atom is -0.383 e. The predicted octanol–water partition coefficient (Wildman–Crippen LogP) is 3.70. The molecule has 5 aromatic rings. The lowest BCUT2D eigenvalue weighted by molar-refractivity contribution is 0.576. The van der Waals surface area contributed by atoms with Crippen LogP contribution in [-0.2, 0) is 0 Å². The van der Waals surface area contributed by atoms with E-state index in [4.69, 9.17) is 10.8 Å². The third-order valence-electron chi connectivity index (χ3n) is 4.88. The van der Waals surface area contributed by atoms with Gasteiger partial charge in [0.15, 0.2) is 5.65 Å². The average molecular weight is 375 g/mol. The number of anilines is 1. The summed E-state index contributed by atoms with van der Waals surface area (Å²) in [5, 5.41) is 5.54. The van der Waals surface area contributed by atoms with E-state index in [1.165, 1.54) is 6.33 Å². The molecule has 1 atom stereocenters. The average Bonchev–Trinajstić information content (AvgIpc) is 3.38. The van der Waals surface area contributed by atoms with Crippen LogP contribution in [0.1, 0.15) is 24.2 Å². The first kappa shape index (κ1) is 16.0. The van der Waals surface area contributed by atoms with Crippen molar-refractivity contribution < 1.29 is 0 Å². The highest BCUT2D eigenvalue weighted by atomic mass is 32.1. The van der Waals surface area contributed by atoms with E-state index in [0.29, 0.717) is 5.82 Å². The highest BCUT2D eigenvalue weighted by Gasteiger charge is 2.23. The second kappa shape index (κ2) is 5.88. The molecule has 7 nitrogen and oxygen atoms in total. The zero-order valence-electron chi connectivity index (χ0n) is 14.9. The van der Waals surface area contributed by atoms with Crippen LogP contribution in [0.2, 0.25) is 0 Å². The number of hydrogen-bond donors (Lipinski definition) is 1. The first-order valence-corrected chi connectivity index (χ1v) is 9.47. The molecule has 5 heterocycles. The molecule has 5 aromatic heterocycles. The summed E-state index contributed by atoms with van der Waals surface area (Å²) in [7, 11) is 0. The summed E-state index contributed by atoms with van der Waals surface area (Å²) in [6.07, 6.45) is 5.47. The second-order valence-electron chi connectivity index (χ2n) is 6.47. The van der Waals surface area contributed by atoms with Crippen LogP contribution in [-0.4, -0.2) is 29.1 Å². The van der Waals surface area contributed by atoms with Gasteiger partial charge < -0.3 is 10.1 Å². The lowest BCUT2D eigenvalue weighted by atomic mass is 10.1. The van der Waals surface area contributed by atoms with E-state index in [0.717, 1.165) is 38.4 Å². The number of aryl methyl sites for hydroxylation is 1. The molecule has 0 fully saturated rings. The van der Waals surface area contributed by atoms with E-state index in [9.17, 15) is 0 Å². The summed E-state index contributed by atoms with van der Waals surface area (Å²) >= 11 is 1.63. The SMILES string of the molecule is Cc1nn(C(C)c2cc3ccccn3c2-c2cncs2)c2ncnc(N)c12. The lowest BCUT2D eigenvalue weighted by Gasteiger charge is -2.14. The fourth-order valence-electron chi connectivity index (χ4n) is 3.63. The maximum Gasteiger partial charge on any atom is 0.164 e. The Morgan fingerprint density at radius 1 is 1.22 bits per heavy atom. The molecule has 0 aliphatic rings. The highest BCUT2D eigenvalue weighted by Crippen LogP contribution is 2.36. The van der Waals surface area contributed by atoms with Crippen molar-refractivity contribution in [1.82, 2.24) is 29.1 Å². The van der Waals surface area contributed by atoms with Gasteiger partial charge in [0.25, 0.3) is 0 Å². The summed E-state index contributed by atoms with van der Waals surface area (Å²) in [4.78, 5) is 13.9. The summed E-state index contributed by atoms with van der Waals surface area (Å²) in [5.41, 5.74) is 12.9. The molecule has 0 saturated carbocycles. The summed E-state index contributed by atoms with van der Waals surface area (Å²) < 4.78 is 4.13. The Bertz CT molecular complexity index is 1270. The molecule has 0 aromatic carbocycles. The molecule has 134 valence electrons. The minimum atomic E-state index is -0.0347. The maximum atomic E-state index is 6.06. The van der Waals surface area contributed by atoms with Gasteiger partial charge in [-0.2, -0.15) is 5.10 Å². The molecule has 8 heteroatoms. The number of aromatic nitrogens is 6. The molecule has 27 heavy (non-hydrogen) atoms. The molecule has 0 spiro atoms. The van der Waals surface area contributed by atoms with E-state index in [-0.39, 0.29) is 6.04 Å². The predicted molar refractivity (Wildman–Crippen MR) is 107 cm³/mol. The number of nitrogen functional groups attached to an aromatic ring is 1. The molecule has 0 aliphatic carbocycles. The van der Waals surface area contributed by atoms with Gasteiger partial charge in [-0.15, -0.1) is 11.3 Å². The fourth-order valence-corrected chi connectivity index (χ4v) is 4.31. The number of nitrogens with two attached hydrogens (primary N) is 1. The summed E-state index contributed by atoms with van der Waals surface area (Å²) in [5.74, 6) is 0.459. The normalized spacial score (nSPS) is 12.8. The standard InChI is InChI=1S/C19H17N7S/c1-11-16-18(20)22-9-23-19(16)26(24-11)12(2)14-7-13-5-3-4-6-25(13)17(14)15-8-21-10-27-15/h3-10,12H,1-2H3,(H2,20,22,23). The highest BCUT2D eigenvalue weighted by molar-refractivity contribution is 7.13. The number of pyridine rings is 1. The molecule has 5 rings (SSSR count). The van der Waals surface area contributed by atoms with Crippen LogP contribution in [0.5, 0.6) is 0 Å². The number of nitrogens with zero attached hydrogens (tertiary/aromatic N) is 6. The Morgan fingerprint density at radius 3 is 2.93 bits per heavy atom. The Labute approximate surface area is 159 Å². The van der Waals surface area contributed by atoms with E-state index < -0.39 is 0 Å². The Kier molecular flexibility index (Phi) is 3.48. The number of hydrogen-bond acceptors (Lipinski definition) is 6. The molecular formula is C19H17N7S. The lowest BCUT2D eigenvalue weighted by Crippen LogP contribution is -2.10. The van der Waals surface area contributed by atoms with E-state index in [1.807, 2.05) is 35.4 Å². The van der Waals surface area contributed by atoms with Crippen LogP contribution < -0.4 is 5.73 Å². The quantitative estimate of drug-likeness (QED) is 0.519. The van der Waals surface area contributed by atoms with Crippen LogP contribution in [0.4, 0.5) is 5.82 Å². The van der Waals surface area contributed by atoms with Crippen LogP contribution >= 0.6 is 11.3 Å². The van der Waals surface area contributed by atoms with Crippen molar-refractivity contribution in [2.75, 3.05) is 5.73 Å². The summed E-state index contributed by atoms with van der Waals surface area (Å²) in [6, 6.07) is 8.35. The van der Waals surface area contributed by atoms with Gasteiger partial charge in [-0.1, -0.05) is 6.07 Å². The number of rotatable bonds is 3. The monoisotopic (exact) mass is 375 g/mol. The number of fused-ring (bicyclic) bond motifs is 2. The van der Waals surface area contributed by atoms with E-state index in [1.54, 1.807) is 11.3 Å².